The minimum absolute atomic E-state index is 0.124. The van der Waals surface area contributed by atoms with E-state index in [-0.39, 0.29) is 24.8 Å². The van der Waals surface area contributed by atoms with Crippen molar-refractivity contribution in [1.82, 2.24) is 15.6 Å². The van der Waals surface area contributed by atoms with Crippen molar-refractivity contribution in [2.75, 3.05) is 26.8 Å². The van der Waals surface area contributed by atoms with Crippen LogP contribution in [-0.2, 0) is 9.53 Å². The van der Waals surface area contributed by atoms with E-state index >= 15 is 0 Å². The van der Waals surface area contributed by atoms with Crippen molar-refractivity contribution in [3.63, 3.8) is 0 Å². The van der Waals surface area contributed by atoms with E-state index in [1.54, 1.807) is 25.4 Å². The van der Waals surface area contributed by atoms with E-state index in [0.29, 0.717) is 18.8 Å². The summed E-state index contributed by atoms with van der Waals surface area (Å²) in [4.78, 5) is 27.0. The zero-order chi connectivity index (χ0) is 14.1. The molecule has 0 atom stereocenters. The molecule has 6 nitrogen and oxygen atoms in total. The number of carbonyl (C=O) groups is 2. The smallest absolute Gasteiger partial charge is 0.269 e. The quantitative estimate of drug-likeness (QED) is 0.722. The molecule has 0 aliphatic rings. The van der Waals surface area contributed by atoms with E-state index in [0.717, 1.165) is 4.47 Å². The summed E-state index contributed by atoms with van der Waals surface area (Å²) in [5, 5.41) is 5.30. The van der Waals surface area contributed by atoms with Crippen LogP contribution in [0.3, 0.4) is 0 Å². The summed E-state index contributed by atoms with van der Waals surface area (Å²) in [6.45, 7) is 1.22. The van der Waals surface area contributed by atoms with Crippen molar-refractivity contribution in [1.29, 1.82) is 0 Å². The third-order valence-corrected chi connectivity index (χ3v) is 2.70. The number of ether oxygens (including phenoxy) is 1. The van der Waals surface area contributed by atoms with Crippen LogP contribution in [0.4, 0.5) is 0 Å². The first-order chi connectivity index (χ1) is 9.13. The number of methoxy groups -OCH3 is 1. The largest absolute Gasteiger partial charge is 0.383 e. The van der Waals surface area contributed by atoms with Gasteiger partial charge in [-0.1, -0.05) is 0 Å². The molecule has 0 bridgehead atoms. The van der Waals surface area contributed by atoms with Gasteiger partial charge in [-0.3, -0.25) is 9.59 Å². The summed E-state index contributed by atoms with van der Waals surface area (Å²) in [5.74, 6) is -0.418. The molecule has 0 aliphatic carbocycles. The van der Waals surface area contributed by atoms with Gasteiger partial charge in [0.15, 0.2) is 0 Å². The van der Waals surface area contributed by atoms with Crippen LogP contribution in [0.15, 0.2) is 22.8 Å². The fourth-order valence-electron chi connectivity index (χ4n) is 1.27. The predicted octanol–water partition coefficient (Wildman–Crippen LogP) is 0.727. The Hall–Kier alpha value is -1.47. The van der Waals surface area contributed by atoms with Gasteiger partial charge in [0, 0.05) is 37.3 Å². The molecule has 2 N–H and O–H groups in total. The third kappa shape index (κ3) is 6.30. The van der Waals surface area contributed by atoms with E-state index in [1.165, 1.54) is 0 Å². The Morgan fingerprint density at radius 3 is 2.74 bits per heavy atom. The maximum atomic E-state index is 11.7. The second kappa shape index (κ2) is 8.60. The Labute approximate surface area is 120 Å². The number of rotatable bonds is 7. The van der Waals surface area contributed by atoms with Crippen molar-refractivity contribution < 1.29 is 14.3 Å². The lowest BCUT2D eigenvalue weighted by molar-refractivity contribution is -0.121. The third-order valence-electron chi connectivity index (χ3n) is 2.23. The van der Waals surface area contributed by atoms with Crippen LogP contribution in [-0.4, -0.2) is 43.6 Å². The standard InChI is InChI=1S/C12H16BrN3O3/c1-19-7-6-14-11(17)4-5-15-12(18)10-3-2-9(13)8-16-10/h2-3,8H,4-7H2,1H3,(H,14,17)(H,15,18). The minimum atomic E-state index is -0.294. The van der Waals surface area contributed by atoms with Gasteiger partial charge in [-0.05, 0) is 28.1 Å². The van der Waals surface area contributed by atoms with Crippen LogP contribution in [0.5, 0.6) is 0 Å². The molecule has 1 rings (SSSR count). The van der Waals surface area contributed by atoms with Gasteiger partial charge in [-0.15, -0.1) is 0 Å². The zero-order valence-corrected chi connectivity index (χ0v) is 12.2. The SMILES string of the molecule is COCCNC(=O)CCNC(=O)c1ccc(Br)cn1. The first kappa shape index (κ1) is 15.6. The molecule has 0 saturated carbocycles. The normalized spacial score (nSPS) is 10.0. The molecule has 1 heterocycles. The number of nitrogens with one attached hydrogen (secondary N) is 2. The van der Waals surface area contributed by atoms with Crippen molar-refractivity contribution in [3.8, 4) is 0 Å². The van der Waals surface area contributed by atoms with Crippen LogP contribution >= 0.6 is 15.9 Å². The van der Waals surface area contributed by atoms with E-state index in [9.17, 15) is 9.59 Å². The number of pyridine rings is 1. The van der Waals surface area contributed by atoms with Crippen LogP contribution in [0.25, 0.3) is 0 Å². The first-order valence-corrected chi connectivity index (χ1v) is 6.58. The number of halogens is 1. The lowest BCUT2D eigenvalue weighted by atomic mass is 10.3. The fraction of sp³-hybridized carbons (Fsp3) is 0.417. The molecule has 19 heavy (non-hydrogen) atoms. The second-order valence-electron chi connectivity index (χ2n) is 3.71. The van der Waals surface area contributed by atoms with Crippen LogP contribution in [0.2, 0.25) is 0 Å². The molecule has 7 heteroatoms. The number of hydrogen-bond acceptors (Lipinski definition) is 4. The van der Waals surface area contributed by atoms with Gasteiger partial charge in [0.05, 0.1) is 6.61 Å². The highest BCUT2D eigenvalue weighted by Gasteiger charge is 2.07. The Balaban J connectivity index is 2.23. The van der Waals surface area contributed by atoms with Crippen molar-refractivity contribution in [3.05, 3.63) is 28.5 Å². The second-order valence-corrected chi connectivity index (χ2v) is 4.63. The van der Waals surface area contributed by atoms with Gasteiger partial charge < -0.3 is 15.4 Å². The van der Waals surface area contributed by atoms with Gasteiger partial charge in [0.25, 0.3) is 5.91 Å². The van der Waals surface area contributed by atoms with Gasteiger partial charge in [-0.2, -0.15) is 0 Å². The van der Waals surface area contributed by atoms with Crippen molar-refractivity contribution >= 4 is 27.7 Å². The molecule has 0 aromatic carbocycles. The highest BCUT2D eigenvalue weighted by atomic mass is 79.9. The fourth-order valence-corrected chi connectivity index (χ4v) is 1.51. The number of amides is 2. The molecule has 104 valence electrons. The van der Waals surface area contributed by atoms with Gasteiger partial charge in [0.2, 0.25) is 5.91 Å². The molecule has 1 aromatic heterocycles. The summed E-state index contributed by atoms with van der Waals surface area (Å²) >= 11 is 3.24. The van der Waals surface area contributed by atoms with E-state index < -0.39 is 0 Å². The Morgan fingerprint density at radius 2 is 2.11 bits per heavy atom. The Bertz CT molecular complexity index is 423. The monoisotopic (exact) mass is 329 g/mol. The number of carbonyl (C=O) groups excluding carboxylic acids is 2. The lowest BCUT2D eigenvalue weighted by Crippen LogP contribution is -2.32. The molecule has 0 aliphatic heterocycles. The number of nitrogens with zero attached hydrogens (tertiary/aromatic N) is 1. The predicted molar refractivity (Wildman–Crippen MR) is 73.8 cm³/mol. The van der Waals surface area contributed by atoms with Gasteiger partial charge >= 0.3 is 0 Å². The molecule has 0 saturated heterocycles. The maximum Gasteiger partial charge on any atom is 0.269 e. The number of aromatic nitrogens is 1. The average molecular weight is 330 g/mol. The maximum absolute atomic E-state index is 11.7. The highest BCUT2D eigenvalue weighted by molar-refractivity contribution is 9.10. The molecule has 0 unspecified atom stereocenters. The summed E-state index contributed by atoms with van der Waals surface area (Å²) in [7, 11) is 1.57. The van der Waals surface area contributed by atoms with Crippen molar-refractivity contribution in [2.24, 2.45) is 0 Å². The first-order valence-electron chi connectivity index (χ1n) is 5.79. The van der Waals surface area contributed by atoms with Crippen LogP contribution < -0.4 is 10.6 Å². The molecule has 0 radical (unpaired) electrons. The molecule has 0 fully saturated rings. The van der Waals surface area contributed by atoms with E-state index in [1.807, 2.05) is 0 Å². The van der Waals surface area contributed by atoms with E-state index in [2.05, 4.69) is 31.5 Å². The van der Waals surface area contributed by atoms with Crippen LogP contribution in [0.1, 0.15) is 16.9 Å². The number of hydrogen-bond donors (Lipinski definition) is 2. The topological polar surface area (TPSA) is 80.3 Å². The highest BCUT2D eigenvalue weighted by Crippen LogP contribution is 2.07. The Morgan fingerprint density at radius 1 is 1.32 bits per heavy atom. The summed E-state index contributed by atoms with van der Waals surface area (Å²) in [6.07, 6.45) is 1.78. The lowest BCUT2D eigenvalue weighted by Gasteiger charge is -2.06. The van der Waals surface area contributed by atoms with Gasteiger partial charge in [0.1, 0.15) is 5.69 Å². The Kier molecular flexibility index (Phi) is 7.06. The molecular formula is C12H16BrN3O3. The zero-order valence-electron chi connectivity index (χ0n) is 10.6. The molecule has 1 aromatic rings. The average Bonchev–Trinajstić information content (AvgIpc) is 2.39. The summed E-state index contributed by atoms with van der Waals surface area (Å²) < 4.78 is 5.61. The molecular weight excluding hydrogens is 314 g/mol. The van der Waals surface area contributed by atoms with Gasteiger partial charge in [-0.25, -0.2) is 4.98 Å². The van der Waals surface area contributed by atoms with Crippen molar-refractivity contribution in [2.45, 2.75) is 6.42 Å². The minimum Gasteiger partial charge on any atom is -0.383 e. The molecule has 2 amide bonds. The van der Waals surface area contributed by atoms with Crippen LogP contribution in [0, 0.1) is 0 Å². The summed E-state index contributed by atoms with van der Waals surface area (Å²) in [5.41, 5.74) is 0.322. The van der Waals surface area contributed by atoms with E-state index in [4.69, 9.17) is 4.74 Å². The summed E-state index contributed by atoms with van der Waals surface area (Å²) in [6, 6.07) is 3.34. The molecule has 0 spiro atoms.